The Morgan fingerprint density at radius 1 is 1.25 bits per heavy atom. The van der Waals surface area contributed by atoms with E-state index in [-0.39, 0.29) is 0 Å². The molecule has 0 aliphatic heterocycles. The lowest BCUT2D eigenvalue weighted by molar-refractivity contribution is 0.108. The van der Waals surface area contributed by atoms with Crippen molar-refractivity contribution in [1.82, 2.24) is 5.32 Å². The van der Waals surface area contributed by atoms with E-state index in [1.165, 1.54) is 24.8 Å². The van der Waals surface area contributed by atoms with Gasteiger partial charge in [-0.1, -0.05) is 39.0 Å². The summed E-state index contributed by atoms with van der Waals surface area (Å²) in [6.45, 7) is 8.27. The van der Waals surface area contributed by atoms with E-state index < -0.39 is 0 Å². The van der Waals surface area contributed by atoms with E-state index in [0.717, 1.165) is 18.2 Å². The lowest BCUT2D eigenvalue weighted by Gasteiger charge is -2.43. The van der Waals surface area contributed by atoms with Gasteiger partial charge in [0, 0.05) is 18.2 Å². The zero-order valence-electron chi connectivity index (χ0n) is 13.2. The summed E-state index contributed by atoms with van der Waals surface area (Å²) in [6, 6.07) is 8.94. The number of nitrogens with one attached hydrogen (secondary N) is 1. The summed E-state index contributed by atoms with van der Waals surface area (Å²) in [6.07, 6.45) is 4.19. The van der Waals surface area contributed by atoms with E-state index in [4.69, 9.17) is 4.74 Å². The molecular weight excluding hydrogens is 246 g/mol. The van der Waals surface area contributed by atoms with Crippen molar-refractivity contribution in [2.45, 2.75) is 52.6 Å². The predicted molar refractivity (Wildman–Crippen MR) is 82.9 cm³/mol. The average Bonchev–Trinajstić information content (AvgIpc) is 2.90. The summed E-state index contributed by atoms with van der Waals surface area (Å²) in [5.74, 6) is 1.88. The smallest absolute Gasteiger partial charge is 0.123 e. The van der Waals surface area contributed by atoms with Crippen LogP contribution >= 0.6 is 0 Å². The van der Waals surface area contributed by atoms with Crippen molar-refractivity contribution in [3.8, 4) is 5.75 Å². The van der Waals surface area contributed by atoms with Crippen molar-refractivity contribution in [2.24, 2.45) is 16.7 Å². The van der Waals surface area contributed by atoms with E-state index in [0.29, 0.717) is 16.9 Å². The van der Waals surface area contributed by atoms with Crippen molar-refractivity contribution >= 4 is 0 Å². The third-order valence-corrected chi connectivity index (χ3v) is 5.96. The van der Waals surface area contributed by atoms with E-state index in [9.17, 15) is 0 Å². The zero-order valence-corrected chi connectivity index (χ0v) is 13.2. The van der Waals surface area contributed by atoms with Crippen LogP contribution in [0.5, 0.6) is 5.75 Å². The first-order chi connectivity index (χ1) is 9.47. The van der Waals surface area contributed by atoms with Crippen LogP contribution in [0.2, 0.25) is 0 Å². The Morgan fingerprint density at radius 3 is 2.65 bits per heavy atom. The van der Waals surface area contributed by atoms with Gasteiger partial charge < -0.3 is 10.1 Å². The first-order valence-corrected chi connectivity index (χ1v) is 7.83. The third kappa shape index (κ3) is 2.05. The second kappa shape index (κ2) is 4.77. The number of benzene rings is 1. The highest BCUT2D eigenvalue weighted by Crippen LogP contribution is 2.62. The van der Waals surface area contributed by atoms with Gasteiger partial charge in [-0.25, -0.2) is 0 Å². The standard InChI is InChI=1S/C18H27NO/c1-17(2)14-9-10-18(3,11-14)16(17)19-12-13-7-5-6-8-15(13)20-4/h5-8,14,16,19H,9-12H2,1-4H3/t14-,16?,18+/m0/s1. The van der Waals surface area contributed by atoms with Gasteiger partial charge in [-0.3, -0.25) is 0 Å². The minimum Gasteiger partial charge on any atom is -0.496 e. The van der Waals surface area contributed by atoms with Gasteiger partial charge in [0.2, 0.25) is 0 Å². The van der Waals surface area contributed by atoms with Gasteiger partial charge in [-0.05, 0) is 42.1 Å². The molecule has 2 nitrogen and oxygen atoms in total. The van der Waals surface area contributed by atoms with Gasteiger partial charge >= 0.3 is 0 Å². The molecule has 0 spiro atoms. The monoisotopic (exact) mass is 273 g/mol. The van der Waals surface area contributed by atoms with Crippen molar-refractivity contribution in [3.63, 3.8) is 0 Å². The van der Waals surface area contributed by atoms with Crippen LogP contribution in [0.3, 0.4) is 0 Å². The molecule has 3 rings (SSSR count). The molecule has 2 heteroatoms. The molecule has 1 unspecified atom stereocenters. The van der Waals surface area contributed by atoms with Gasteiger partial charge in [-0.2, -0.15) is 0 Å². The molecule has 1 N–H and O–H groups in total. The Balaban J connectivity index is 1.75. The van der Waals surface area contributed by atoms with E-state index in [2.05, 4.69) is 38.2 Å². The first-order valence-electron chi connectivity index (χ1n) is 7.83. The van der Waals surface area contributed by atoms with Gasteiger partial charge in [0.15, 0.2) is 0 Å². The first kappa shape index (κ1) is 13.9. The minimum atomic E-state index is 0.412. The molecule has 2 aliphatic rings. The number of fused-ring (bicyclic) bond motifs is 2. The van der Waals surface area contributed by atoms with E-state index >= 15 is 0 Å². The molecule has 0 saturated heterocycles. The Kier molecular flexibility index (Phi) is 3.32. The summed E-state index contributed by atoms with van der Waals surface area (Å²) in [5.41, 5.74) is 2.16. The summed E-state index contributed by atoms with van der Waals surface area (Å²) >= 11 is 0. The fraction of sp³-hybridized carbons (Fsp3) is 0.667. The van der Waals surface area contributed by atoms with Crippen molar-refractivity contribution < 1.29 is 4.74 Å². The fourth-order valence-corrected chi connectivity index (χ4v) is 4.87. The molecular formula is C18H27NO. The maximum absolute atomic E-state index is 5.46. The second-order valence-corrected chi connectivity index (χ2v) is 7.54. The summed E-state index contributed by atoms with van der Waals surface area (Å²) in [7, 11) is 1.75. The maximum Gasteiger partial charge on any atom is 0.123 e. The Morgan fingerprint density at radius 2 is 2.00 bits per heavy atom. The van der Waals surface area contributed by atoms with Crippen LogP contribution < -0.4 is 10.1 Å². The van der Waals surface area contributed by atoms with Crippen LogP contribution in [0, 0.1) is 16.7 Å². The van der Waals surface area contributed by atoms with Crippen LogP contribution in [-0.4, -0.2) is 13.2 Å². The summed E-state index contributed by atoms with van der Waals surface area (Å²) in [4.78, 5) is 0. The number of methoxy groups -OCH3 is 1. The number of hydrogen-bond donors (Lipinski definition) is 1. The van der Waals surface area contributed by atoms with Crippen molar-refractivity contribution in [1.29, 1.82) is 0 Å². The van der Waals surface area contributed by atoms with Gasteiger partial charge in [0.25, 0.3) is 0 Å². The van der Waals surface area contributed by atoms with Crippen molar-refractivity contribution in [3.05, 3.63) is 29.8 Å². The molecule has 2 fully saturated rings. The topological polar surface area (TPSA) is 21.3 Å². The van der Waals surface area contributed by atoms with Gasteiger partial charge in [0.1, 0.15) is 5.75 Å². The minimum absolute atomic E-state index is 0.412. The highest BCUT2D eigenvalue weighted by atomic mass is 16.5. The second-order valence-electron chi connectivity index (χ2n) is 7.54. The van der Waals surface area contributed by atoms with Crippen LogP contribution in [0.4, 0.5) is 0 Å². The molecule has 0 heterocycles. The Hall–Kier alpha value is -1.02. The normalized spacial score (nSPS) is 34.4. The van der Waals surface area contributed by atoms with Crippen LogP contribution in [0.15, 0.2) is 24.3 Å². The molecule has 2 saturated carbocycles. The Labute approximate surface area is 122 Å². The highest BCUT2D eigenvalue weighted by molar-refractivity contribution is 5.33. The molecule has 2 aliphatic carbocycles. The zero-order chi connectivity index (χ0) is 14.4. The number of para-hydroxylation sites is 1. The molecule has 20 heavy (non-hydrogen) atoms. The van der Waals surface area contributed by atoms with E-state index in [1.807, 2.05) is 12.1 Å². The quantitative estimate of drug-likeness (QED) is 0.895. The molecule has 1 aromatic carbocycles. The molecule has 1 aromatic rings. The lowest BCUT2D eigenvalue weighted by atomic mass is 9.68. The molecule has 110 valence electrons. The number of hydrogen-bond acceptors (Lipinski definition) is 2. The van der Waals surface area contributed by atoms with Crippen LogP contribution in [0.1, 0.15) is 45.6 Å². The molecule has 0 radical (unpaired) electrons. The lowest BCUT2D eigenvalue weighted by Crippen LogP contribution is -2.49. The van der Waals surface area contributed by atoms with Gasteiger partial charge in [-0.15, -0.1) is 0 Å². The van der Waals surface area contributed by atoms with E-state index in [1.54, 1.807) is 7.11 Å². The summed E-state index contributed by atoms with van der Waals surface area (Å²) < 4.78 is 5.46. The highest BCUT2D eigenvalue weighted by Gasteiger charge is 2.58. The number of rotatable bonds is 4. The van der Waals surface area contributed by atoms with Crippen LogP contribution in [-0.2, 0) is 6.54 Å². The van der Waals surface area contributed by atoms with Gasteiger partial charge in [0.05, 0.1) is 7.11 Å². The third-order valence-electron chi connectivity index (χ3n) is 5.96. The molecule has 0 amide bonds. The molecule has 2 bridgehead atoms. The summed E-state index contributed by atoms with van der Waals surface area (Å²) in [5, 5.41) is 3.85. The fourth-order valence-electron chi connectivity index (χ4n) is 4.87. The SMILES string of the molecule is COc1ccccc1CNC1C(C)(C)[C@H]2CC[C@]1(C)C2. The average molecular weight is 273 g/mol. The molecule has 3 atom stereocenters. The Bertz CT molecular complexity index is 491. The predicted octanol–water partition coefficient (Wildman–Crippen LogP) is 4.00. The maximum atomic E-state index is 5.46. The largest absolute Gasteiger partial charge is 0.496 e. The van der Waals surface area contributed by atoms with Crippen LogP contribution in [0.25, 0.3) is 0 Å². The van der Waals surface area contributed by atoms with Crippen molar-refractivity contribution in [2.75, 3.05) is 7.11 Å². The number of ether oxygens (including phenoxy) is 1. The molecule has 0 aromatic heterocycles.